The molecule has 0 fully saturated rings. The second-order valence-electron chi connectivity index (χ2n) is 0.527. The second kappa shape index (κ2) is 6.84. The number of alkyl halides is 1. The third-order valence-electron chi connectivity index (χ3n) is 0.114. The third kappa shape index (κ3) is 9.28. The molecule has 0 amide bonds. The first-order valence-corrected chi connectivity index (χ1v) is 2.57. The van der Waals surface area contributed by atoms with E-state index in [-0.39, 0.29) is 57.2 Å². The Bertz CT molecular complexity index is 51.0. The van der Waals surface area contributed by atoms with Crippen LogP contribution in [0.3, 0.4) is 0 Å². The maximum atomic E-state index is 9.36. The summed E-state index contributed by atoms with van der Waals surface area (Å²) in [5.74, 6) is -0.759. The fourth-order valence-corrected chi connectivity index (χ4v) is 0. The predicted octanol–water partition coefficient (Wildman–Crippen LogP) is -2.38. The Labute approximate surface area is 93.7 Å². The van der Waals surface area contributed by atoms with Crippen molar-refractivity contribution in [3.8, 4) is 0 Å². The van der Waals surface area contributed by atoms with Crippen LogP contribution in [0.15, 0.2) is 0 Å². The minimum Gasteiger partial charge on any atom is -1.00 e. The number of hydrogen-bond donors (Lipinski definition) is 1. The average molecular weight is 226 g/mol. The molecule has 0 heterocycles. The fraction of sp³-hybridized carbons (Fsp3) is 0.500. The van der Waals surface area contributed by atoms with Crippen molar-refractivity contribution in [3.05, 3.63) is 0 Å². The van der Waals surface area contributed by atoms with Crippen molar-refractivity contribution < 1.29 is 62.7 Å². The van der Waals surface area contributed by atoms with E-state index >= 15 is 0 Å². The molecule has 0 rings (SSSR count). The number of hydrogen-bond acceptors (Lipinski definition) is 1. The van der Waals surface area contributed by atoms with Gasteiger partial charge in [-0.25, -0.2) is 0 Å². The van der Waals surface area contributed by atoms with E-state index < -0.39 is 5.97 Å². The molecule has 0 saturated carbocycles. The molecule has 2 nitrogen and oxygen atoms in total. The molecule has 6 heavy (non-hydrogen) atoms. The number of aliphatic carboxylic acids is 1. The van der Waals surface area contributed by atoms with E-state index in [4.69, 9.17) is 5.11 Å². The molecular weight excluding hydrogens is 222 g/mol. The molecule has 0 aromatic rings. The first-order chi connectivity index (χ1) is 2.27. The van der Waals surface area contributed by atoms with Gasteiger partial charge in [0.05, 0.1) is 4.43 Å². The molecule has 0 saturated heterocycles. The van der Waals surface area contributed by atoms with E-state index in [2.05, 4.69) is 0 Å². The molecule has 0 atom stereocenters. The van der Waals surface area contributed by atoms with Gasteiger partial charge in [-0.3, -0.25) is 4.79 Å². The van der Waals surface area contributed by atoms with Crippen LogP contribution in [0.5, 0.6) is 0 Å². The summed E-state index contributed by atoms with van der Waals surface area (Å²) >= 11 is 1.78. The molecule has 0 aromatic heterocycles. The van der Waals surface area contributed by atoms with E-state index in [1.807, 2.05) is 0 Å². The zero-order chi connectivity index (χ0) is 4.28. The molecule has 0 aliphatic heterocycles. The summed E-state index contributed by atoms with van der Waals surface area (Å²) in [6, 6.07) is 0. The molecular formula is C2H4IKO2. The summed E-state index contributed by atoms with van der Waals surface area (Å²) in [7, 11) is 0. The van der Waals surface area contributed by atoms with Crippen LogP contribution in [-0.4, -0.2) is 15.5 Å². The average Bonchev–Trinajstić information content (AvgIpc) is 1.38. The smallest absolute Gasteiger partial charge is 1.00 e. The molecule has 4 heteroatoms. The number of halogens is 1. The first kappa shape index (κ1) is 10.8. The van der Waals surface area contributed by atoms with Gasteiger partial charge in [-0.15, -0.1) is 0 Å². The molecule has 0 bridgehead atoms. The van der Waals surface area contributed by atoms with Crippen molar-refractivity contribution in [1.29, 1.82) is 0 Å². The minimum absolute atomic E-state index is 0. The van der Waals surface area contributed by atoms with Crippen molar-refractivity contribution in [3.63, 3.8) is 0 Å². The van der Waals surface area contributed by atoms with Crippen LogP contribution in [0.2, 0.25) is 0 Å². The van der Waals surface area contributed by atoms with Gasteiger partial charge in [0.2, 0.25) is 0 Å². The molecule has 0 aromatic carbocycles. The van der Waals surface area contributed by atoms with Crippen molar-refractivity contribution in [2.75, 3.05) is 4.43 Å². The maximum absolute atomic E-state index is 9.36. The van der Waals surface area contributed by atoms with Gasteiger partial charge in [0.25, 0.3) is 0 Å². The summed E-state index contributed by atoms with van der Waals surface area (Å²) in [5, 5.41) is 7.71. The monoisotopic (exact) mass is 226 g/mol. The number of carboxylic acids is 1. The van der Waals surface area contributed by atoms with Crippen LogP contribution in [0, 0.1) is 0 Å². The number of carboxylic acid groups (broad SMARTS) is 1. The van der Waals surface area contributed by atoms with Crippen molar-refractivity contribution in [2.45, 2.75) is 0 Å². The van der Waals surface area contributed by atoms with Gasteiger partial charge in [0.1, 0.15) is 0 Å². The Morgan fingerprint density at radius 1 is 2.00 bits per heavy atom. The SMILES string of the molecule is O=C(O)CI.[H-].[K+]. The van der Waals surface area contributed by atoms with Crippen LogP contribution in [0.4, 0.5) is 0 Å². The van der Waals surface area contributed by atoms with Gasteiger partial charge in [-0.05, 0) is 0 Å². The summed E-state index contributed by atoms with van der Waals surface area (Å²) in [6.07, 6.45) is 0. The van der Waals surface area contributed by atoms with Gasteiger partial charge in [0.15, 0.2) is 0 Å². The Hall–Kier alpha value is 1.84. The van der Waals surface area contributed by atoms with Crippen LogP contribution in [0.25, 0.3) is 0 Å². The fourth-order valence-electron chi connectivity index (χ4n) is 0. The van der Waals surface area contributed by atoms with E-state index in [1.165, 1.54) is 0 Å². The van der Waals surface area contributed by atoms with Crippen molar-refractivity contribution in [1.82, 2.24) is 0 Å². The number of rotatable bonds is 1. The van der Waals surface area contributed by atoms with E-state index in [1.54, 1.807) is 22.6 Å². The van der Waals surface area contributed by atoms with Crippen LogP contribution in [0.1, 0.15) is 1.43 Å². The zero-order valence-corrected chi connectivity index (χ0v) is 8.72. The van der Waals surface area contributed by atoms with Gasteiger partial charge in [-0.1, -0.05) is 22.6 Å². The molecule has 1 N–H and O–H groups in total. The van der Waals surface area contributed by atoms with E-state index in [0.717, 1.165) is 0 Å². The molecule has 32 valence electrons. The summed E-state index contributed by atoms with van der Waals surface area (Å²) in [4.78, 5) is 9.36. The van der Waals surface area contributed by atoms with Crippen LogP contribution >= 0.6 is 22.6 Å². The summed E-state index contributed by atoms with van der Waals surface area (Å²) in [6.45, 7) is 0. The minimum atomic E-state index is -0.759. The zero-order valence-electron chi connectivity index (χ0n) is 4.44. The van der Waals surface area contributed by atoms with Crippen LogP contribution in [-0.2, 0) is 4.79 Å². The first-order valence-electron chi connectivity index (χ1n) is 1.05. The standard InChI is InChI=1S/C2H3IO2.K.H/c3-1-2(4)5;;/h1H2,(H,4,5);;/q;+1;-1. The largest absolute Gasteiger partial charge is 1.00 e. The predicted molar refractivity (Wildman–Crippen MR) is 27.6 cm³/mol. The summed E-state index contributed by atoms with van der Waals surface area (Å²) in [5.41, 5.74) is 0. The molecule has 0 aliphatic carbocycles. The van der Waals surface area contributed by atoms with Gasteiger partial charge in [0, 0.05) is 0 Å². The van der Waals surface area contributed by atoms with Crippen molar-refractivity contribution in [2.24, 2.45) is 0 Å². The normalized spacial score (nSPS) is 6.17. The van der Waals surface area contributed by atoms with Gasteiger partial charge < -0.3 is 6.53 Å². The topological polar surface area (TPSA) is 37.3 Å². The van der Waals surface area contributed by atoms with E-state index in [0.29, 0.717) is 0 Å². The Morgan fingerprint density at radius 2 is 2.17 bits per heavy atom. The van der Waals surface area contributed by atoms with Crippen LogP contribution < -0.4 is 51.4 Å². The Balaban J connectivity index is -0.0000000800. The second-order valence-corrected chi connectivity index (χ2v) is 1.29. The van der Waals surface area contributed by atoms with Crippen molar-refractivity contribution >= 4 is 28.6 Å². The maximum Gasteiger partial charge on any atom is 1.00 e. The Morgan fingerprint density at radius 3 is 2.17 bits per heavy atom. The van der Waals surface area contributed by atoms with E-state index in [9.17, 15) is 4.79 Å². The Kier molecular flexibility index (Phi) is 12.3. The number of carbonyl (C=O) groups is 1. The summed E-state index contributed by atoms with van der Waals surface area (Å²) < 4.78 is 0.192. The quantitative estimate of drug-likeness (QED) is 0.308. The molecule has 0 unspecified atom stereocenters. The molecule has 0 spiro atoms. The van der Waals surface area contributed by atoms with Gasteiger partial charge in [-0.2, -0.15) is 0 Å². The van der Waals surface area contributed by atoms with Gasteiger partial charge >= 0.3 is 57.4 Å². The third-order valence-corrected chi connectivity index (χ3v) is 0.767. The molecule has 0 aliphatic rings. The molecule has 0 radical (unpaired) electrons.